The fourth-order valence-electron chi connectivity index (χ4n) is 5.41. The molecule has 43 heavy (non-hydrogen) atoms. The first-order chi connectivity index (χ1) is 20.7. The number of nitrogen functional groups attached to an aromatic ring is 1. The lowest BCUT2D eigenvalue weighted by molar-refractivity contribution is 0.0610. The van der Waals surface area contributed by atoms with E-state index in [4.69, 9.17) is 19.7 Å². The van der Waals surface area contributed by atoms with Gasteiger partial charge in [-0.2, -0.15) is 10.0 Å². The largest absolute Gasteiger partial charge is 0.382 e. The van der Waals surface area contributed by atoms with Crippen molar-refractivity contribution in [2.24, 2.45) is 0 Å². The molecule has 244 valence electrons. The van der Waals surface area contributed by atoms with Crippen LogP contribution in [0.25, 0.3) is 11.2 Å². The third-order valence-corrected chi connectivity index (χ3v) is 11.9. The van der Waals surface area contributed by atoms with Crippen molar-refractivity contribution >= 4 is 34.6 Å². The SMILES string of the molecule is C[C@H](Cn1cnc2c(N)ncnc21)OCP(=O)(O)OCCOCCCCCCCCCCC#CS(C)(C)C1CCCCC1. The van der Waals surface area contributed by atoms with Crippen molar-refractivity contribution in [2.45, 2.75) is 115 Å². The van der Waals surface area contributed by atoms with Gasteiger partial charge in [0.15, 0.2) is 11.5 Å². The van der Waals surface area contributed by atoms with Crippen molar-refractivity contribution in [3.05, 3.63) is 12.7 Å². The molecule has 10 nitrogen and oxygen atoms in total. The molecule has 1 aliphatic rings. The molecule has 1 fully saturated rings. The van der Waals surface area contributed by atoms with Crippen LogP contribution in [0.5, 0.6) is 0 Å². The van der Waals surface area contributed by atoms with Crippen LogP contribution in [0.2, 0.25) is 0 Å². The third-order valence-electron chi connectivity index (χ3n) is 7.99. The van der Waals surface area contributed by atoms with E-state index in [1.807, 2.05) is 0 Å². The summed E-state index contributed by atoms with van der Waals surface area (Å²) < 4.78 is 30.4. The number of nitrogens with two attached hydrogens (primary N) is 1. The summed E-state index contributed by atoms with van der Waals surface area (Å²) in [5.41, 5.74) is 6.92. The predicted octanol–water partition coefficient (Wildman–Crippen LogP) is 6.86. The smallest absolute Gasteiger partial charge is 0.353 e. The number of rotatable bonds is 20. The van der Waals surface area contributed by atoms with Gasteiger partial charge in [-0.05, 0) is 50.4 Å². The Kier molecular flexibility index (Phi) is 15.8. The standard InChI is InChI=1S/C31H54N5O5PS/c1-27(23-36-25-35-29-30(32)33-24-34-31(29)36)40-26-42(37,38)41-21-20-39-19-15-10-8-6-4-5-7-9-11-16-22-43(2,3)28-17-13-12-14-18-28/h24-25,27-28H,4-15,17-21,23,26H2,1-3H3,(H,37,38)(H2,32,33,34)/t27-/m1/s1. The number of ether oxygens (including phenoxy) is 2. The molecule has 0 bridgehead atoms. The summed E-state index contributed by atoms with van der Waals surface area (Å²) in [6.07, 6.45) is 24.8. The Morgan fingerprint density at radius 3 is 2.47 bits per heavy atom. The van der Waals surface area contributed by atoms with Gasteiger partial charge in [0.25, 0.3) is 0 Å². The number of nitrogens with zero attached hydrogens (tertiary/aromatic N) is 4. The zero-order valence-electron chi connectivity index (χ0n) is 26.5. The van der Waals surface area contributed by atoms with E-state index in [9.17, 15) is 9.46 Å². The van der Waals surface area contributed by atoms with Gasteiger partial charge in [0.05, 0.1) is 32.2 Å². The lowest BCUT2D eigenvalue weighted by atomic mass is 10.0. The van der Waals surface area contributed by atoms with E-state index in [0.29, 0.717) is 30.1 Å². The van der Waals surface area contributed by atoms with Crippen molar-refractivity contribution in [3.63, 3.8) is 0 Å². The van der Waals surface area contributed by atoms with Crippen LogP contribution in [0.15, 0.2) is 12.7 Å². The summed E-state index contributed by atoms with van der Waals surface area (Å²) in [5, 5.41) is 4.54. The average molecular weight is 640 g/mol. The van der Waals surface area contributed by atoms with Crippen molar-refractivity contribution in [1.82, 2.24) is 19.5 Å². The van der Waals surface area contributed by atoms with Gasteiger partial charge in [0.1, 0.15) is 18.2 Å². The van der Waals surface area contributed by atoms with E-state index in [1.165, 1.54) is 77.0 Å². The Labute approximate surface area is 260 Å². The highest BCUT2D eigenvalue weighted by atomic mass is 32.3. The molecule has 3 N–H and O–H groups in total. The van der Waals surface area contributed by atoms with Crippen LogP contribution in [0, 0.1) is 11.2 Å². The number of hydrogen-bond acceptors (Lipinski definition) is 8. The molecule has 2 atom stereocenters. The fourth-order valence-corrected chi connectivity index (χ4v) is 8.44. The monoisotopic (exact) mass is 639 g/mol. The quantitative estimate of drug-likeness (QED) is 0.0905. The highest BCUT2D eigenvalue weighted by Crippen LogP contribution is 2.50. The Hall–Kier alpha value is -1.67. The second-order valence-electron chi connectivity index (χ2n) is 12.0. The van der Waals surface area contributed by atoms with Crippen LogP contribution in [-0.4, -0.2) is 74.4 Å². The molecule has 1 aliphatic carbocycles. The zero-order valence-corrected chi connectivity index (χ0v) is 28.3. The number of imidazole rings is 1. The lowest BCUT2D eigenvalue weighted by Crippen LogP contribution is -2.18. The minimum atomic E-state index is -3.87. The van der Waals surface area contributed by atoms with Crippen LogP contribution < -0.4 is 5.73 Å². The second-order valence-corrected chi connectivity index (χ2v) is 17.5. The maximum absolute atomic E-state index is 12.3. The van der Waals surface area contributed by atoms with E-state index in [2.05, 4.69) is 38.6 Å². The number of aromatic nitrogens is 4. The molecule has 12 heteroatoms. The van der Waals surface area contributed by atoms with Crippen LogP contribution in [0.3, 0.4) is 0 Å². The van der Waals surface area contributed by atoms with Gasteiger partial charge in [0, 0.05) is 13.0 Å². The average Bonchev–Trinajstić information content (AvgIpc) is 3.40. The first-order valence-corrected chi connectivity index (χ1v) is 20.2. The Morgan fingerprint density at radius 2 is 1.72 bits per heavy atom. The molecule has 2 aromatic heterocycles. The summed E-state index contributed by atoms with van der Waals surface area (Å²) in [6, 6.07) is 0. The van der Waals surface area contributed by atoms with E-state index in [0.717, 1.165) is 24.5 Å². The number of fused-ring (bicyclic) bond motifs is 1. The number of anilines is 1. The van der Waals surface area contributed by atoms with E-state index >= 15 is 0 Å². The van der Waals surface area contributed by atoms with Gasteiger partial charge in [-0.1, -0.05) is 69.0 Å². The summed E-state index contributed by atoms with van der Waals surface area (Å²) in [7, 11) is -4.61. The normalized spacial score (nSPS) is 16.9. The van der Waals surface area contributed by atoms with E-state index in [1.54, 1.807) is 17.8 Å². The summed E-state index contributed by atoms with van der Waals surface area (Å²) in [5.74, 6) is 3.82. The number of unbranched alkanes of at least 4 members (excludes halogenated alkanes) is 8. The molecule has 1 saturated carbocycles. The molecular formula is C31H54N5O5PS. The minimum Gasteiger partial charge on any atom is -0.382 e. The lowest BCUT2D eigenvalue weighted by Gasteiger charge is -2.37. The van der Waals surface area contributed by atoms with Crippen molar-refractivity contribution < 1.29 is 23.5 Å². The second kappa shape index (κ2) is 19.0. The topological polar surface area (TPSA) is 135 Å². The number of hydrogen-bond donors (Lipinski definition) is 2. The molecule has 0 saturated heterocycles. The van der Waals surface area contributed by atoms with Crippen LogP contribution in [0.4, 0.5) is 5.82 Å². The summed E-state index contributed by atoms with van der Waals surface area (Å²) in [4.78, 5) is 22.4. The van der Waals surface area contributed by atoms with Gasteiger partial charge in [-0.15, -0.1) is 0 Å². The highest BCUT2D eigenvalue weighted by molar-refractivity contribution is 8.36. The molecular weight excluding hydrogens is 585 g/mol. The molecule has 2 aromatic rings. The molecule has 0 spiro atoms. The van der Waals surface area contributed by atoms with Gasteiger partial charge in [0.2, 0.25) is 0 Å². The van der Waals surface area contributed by atoms with Crippen LogP contribution in [-0.2, 0) is 25.1 Å². The summed E-state index contributed by atoms with van der Waals surface area (Å²) in [6.45, 7) is 3.17. The Morgan fingerprint density at radius 1 is 1.02 bits per heavy atom. The minimum absolute atomic E-state index is 0.0532. The third kappa shape index (κ3) is 13.5. The molecule has 0 amide bonds. The van der Waals surface area contributed by atoms with Crippen LogP contribution >= 0.6 is 17.6 Å². The molecule has 3 rings (SSSR count). The Bertz CT molecular complexity index is 1190. The molecule has 1 unspecified atom stereocenters. The Balaban J connectivity index is 1.11. The van der Waals surface area contributed by atoms with Gasteiger partial charge in [-0.3, -0.25) is 4.57 Å². The first-order valence-electron chi connectivity index (χ1n) is 16.0. The fraction of sp³-hybridized carbons (Fsp3) is 0.774. The molecule has 0 aliphatic heterocycles. The predicted molar refractivity (Wildman–Crippen MR) is 177 cm³/mol. The first kappa shape index (κ1) is 35.8. The van der Waals surface area contributed by atoms with Gasteiger partial charge >= 0.3 is 7.60 Å². The molecule has 0 aromatic carbocycles. The maximum atomic E-state index is 12.3. The summed E-state index contributed by atoms with van der Waals surface area (Å²) >= 11 is 0. The van der Waals surface area contributed by atoms with Crippen LogP contribution in [0.1, 0.15) is 96.8 Å². The van der Waals surface area contributed by atoms with Crippen molar-refractivity contribution in [2.75, 3.05) is 44.4 Å². The van der Waals surface area contributed by atoms with Gasteiger partial charge in [-0.25, -0.2) is 15.0 Å². The molecule has 0 radical (unpaired) electrons. The van der Waals surface area contributed by atoms with E-state index < -0.39 is 24.0 Å². The van der Waals surface area contributed by atoms with Crippen molar-refractivity contribution in [1.29, 1.82) is 0 Å². The molecule has 2 heterocycles. The zero-order chi connectivity index (χ0) is 31.0. The highest BCUT2D eigenvalue weighted by Gasteiger charge is 2.24. The maximum Gasteiger partial charge on any atom is 0.353 e. The van der Waals surface area contributed by atoms with E-state index in [-0.39, 0.29) is 19.3 Å². The van der Waals surface area contributed by atoms with Crippen molar-refractivity contribution in [3.8, 4) is 11.2 Å². The van der Waals surface area contributed by atoms with Gasteiger partial charge < -0.3 is 29.2 Å².